The van der Waals surface area contributed by atoms with Gasteiger partial charge in [0.15, 0.2) is 0 Å². The third-order valence-electron chi connectivity index (χ3n) is 1.48. The number of carbonyl (C=O) groups is 1. The van der Waals surface area contributed by atoms with Crippen LogP contribution < -0.4 is 5.32 Å². The van der Waals surface area contributed by atoms with E-state index in [0.29, 0.717) is 26.2 Å². The van der Waals surface area contributed by atoms with E-state index < -0.39 is 6.29 Å². The van der Waals surface area contributed by atoms with E-state index in [0.717, 1.165) is 0 Å². The van der Waals surface area contributed by atoms with Crippen molar-refractivity contribution >= 4 is 5.91 Å². The van der Waals surface area contributed by atoms with Crippen LogP contribution in [-0.4, -0.2) is 43.7 Å². The number of carbonyl (C=O) groups excluding carboxylic acids is 1. The summed E-state index contributed by atoms with van der Waals surface area (Å²) < 4.78 is 10.2. The molecule has 0 saturated carbocycles. The predicted octanol–water partition coefficient (Wildman–Crippen LogP) is -0.116. The topological polar surface area (TPSA) is 67.8 Å². The van der Waals surface area contributed by atoms with Crippen LogP contribution >= 0.6 is 0 Å². The van der Waals surface area contributed by atoms with Crippen molar-refractivity contribution in [3.63, 3.8) is 0 Å². The number of aliphatic hydroxyl groups is 1. The first-order chi connectivity index (χ1) is 6.76. The summed E-state index contributed by atoms with van der Waals surface area (Å²) in [6, 6.07) is 0. The molecule has 0 rings (SSSR count). The lowest BCUT2D eigenvalue weighted by atomic mass is 10.4. The first kappa shape index (κ1) is 13.4. The normalized spacial score (nSPS) is 10.6. The van der Waals surface area contributed by atoms with Gasteiger partial charge in [0.1, 0.15) is 0 Å². The molecule has 0 aliphatic carbocycles. The lowest BCUT2D eigenvalue weighted by Crippen LogP contribution is -2.39. The Labute approximate surface area is 84.4 Å². The van der Waals surface area contributed by atoms with Gasteiger partial charge in [-0.2, -0.15) is 0 Å². The lowest BCUT2D eigenvalue weighted by Gasteiger charge is -2.15. The van der Waals surface area contributed by atoms with Crippen molar-refractivity contribution < 1.29 is 19.4 Å². The number of hydrogen-bond acceptors (Lipinski definition) is 4. The van der Waals surface area contributed by atoms with Crippen molar-refractivity contribution in [3.05, 3.63) is 0 Å². The number of hydrogen-bond donors (Lipinski definition) is 2. The van der Waals surface area contributed by atoms with E-state index >= 15 is 0 Å². The monoisotopic (exact) mass is 205 g/mol. The zero-order valence-electron chi connectivity index (χ0n) is 8.78. The largest absolute Gasteiger partial charge is 0.396 e. The number of aliphatic hydroxyl groups excluding tert-OH is 1. The molecule has 0 aromatic heterocycles. The highest BCUT2D eigenvalue weighted by Crippen LogP contribution is 1.95. The molecule has 0 radical (unpaired) electrons. The lowest BCUT2D eigenvalue weighted by molar-refractivity contribution is -0.170. The third-order valence-corrected chi connectivity index (χ3v) is 1.48. The Kier molecular flexibility index (Phi) is 8.51. The molecule has 0 spiro atoms. The number of nitrogens with one attached hydrogen (secondary N) is 1. The van der Waals surface area contributed by atoms with Gasteiger partial charge >= 0.3 is 0 Å². The predicted molar refractivity (Wildman–Crippen MR) is 51.8 cm³/mol. The Hall–Kier alpha value is -0.650. The first-order valence-electron chi connectivity index (χ1n) is 4.88. The highest BCUT2D eigenvalue weighted by Gasteiger charge is 2.17. The zero-order valence-corrected chi connectivity index (χ0v) is 8.78. The van der Waals surface area contributed by atoms with E-state index in [4.69, 9.17) is 14.6 Å². The Morgan fingerprint density at radius 3 is 2.36 bits per heavy atom. The summed E-state index contributed by atoms with van der Waals surface area (Å²) in [6.45, 7) is 4.95. The molecule has 0 unspecified atom stereocenters. The number of ether oxygens (including phenoxy) is 2. The van der Waals surface area contributed by atoms with E-state index in [9.17, 15) is 4.79 Å². The van der Waals surface area contributed by atoms with Gasteiger partial charge in [-0.05, 0) is 20.3 Å². The van der Waals surface area contributed by atoms with Crippen molar-refractivity contribution in [3.8, 4) is 0 Å². The second-order valence-electron chi connectivity index (χ2n) is 2.61. The smallest absolute Gasteiger partial charge is 0.277 e. The maximum atomic E-state index is 11.4. The summed E-state index contributed by atoms with van der Waals surface area (Å²) >= 11 is 0. The van der Waals surface area contributed by atoms with Gasteiger partial charge in [0.25, 0.3) is 5.91 Å². The fraction of sp³-hybridized carbons (Fsp3) is 0.889. The second kappa shape index (κ2) is 8.93. The molecule has 0 saturated heterocycles. The van der Waals surface area contributed by atoms with E-state index in [1.54, 1.807) is 13.8 Å². The third kappa shape index (κ3) is 5.90. The van der Waals surface area contributed by atoms with Crippen molar-refractivity contribution in [1.82, 2.24) is 5.32 Å². The van der Waals surface area contributed by atoms with Crippen LogP contribution in [0.1, 0.15) is 20.3 Å². The van der Waals surface area contributed by atoms with E-state index in [2.05, 4.69) is 5.32 Å². The van der Waals surface area contributed by atoms with Crippen LogP contribution in [0.5, 0.6) is 0 Å². The van der Waals surface area contributed by atoms with Gasteiger partial charge < -0.3 is 19.9 Å². The summed E-state index contributed by atoms with van der Waals surface area (Å²) in [4.78, 5) is 11.4. The first-order valence-corrected chi connectivity index (χ1v) is 4.88. The Balaban J connectivity index is 3.76. The average molecular weight is 205 g/mol. The van der Waals surface area contributed by atoms with Gasteiger partial charge in [0.05, 0.1) is 0 Å². The standard InChI is InChI=1S/C9H19NO4/c1-3-13-9(14-4-2)8(12)10-6-5-7-11/h9,11H,3-7H2,1-2H3,(H,10,12). The molecule has 5 heteroatoms. The van der Waals surface area contributed by atoms with Crippen LogP contribution in [0.2, 0.25) is 0 Å². The summed E-state index contributed by atoms with van der Waals surface area (Å²) in [7, 11) is 0. The molecule has 0 aromatic carbocycles. The second-order valence-corrected chi connectivity index (χ2v) is 2.61. The number of amides is 1. The molecule has 0 fully saturated rings. The highest BCUT2D eigenvalue weighted by atomic mass is 16.7. The number of rotatable bonds is 8. The van der Waals surface area contributed by atoms with Crippen LogP contribution in [-0.2, 0) is 14.3 Å². The Morgan fingerprint density at radius 2 is 1.93 bits per heavy atom. The van der Waals surface area contributed by atoms with Crippen molar-refractivity contribution in [1.29, 1.82) is 0 Å². The molecule has 0 aliphatic rings. The maximum Gasteiger partial charge on any atom is 0.277 e. The molecule has 2 N–H and O–H groups in total. The van der Waals surface area contributed by atoms with Gasteiger partial charge in [-0.3, -0.25) is 4.79 Å². The highest BCUT2D eigenvalue weighted by molar-refractivity contribution is 5.79. The minimum atomic E-state index is -0.830. The molecule has 0 aliphatic heterocycles. The van der Waals surface area contributed by atoms with Crippen molar-refractivity contribution in [2.45, 2.75) is 26.6 Å². The zero-order chi connectivity index (χ0) is 10.8. The van der Waals surface area contributed by atoms with E-state index in [-0.39, 0.29) is 12.5 Å². The van der Waals surface area contributed by atoms with Crippen LogP contribution in [0, 0.1) is 0 Å². The molecular formula is C9H19NO4. The van der Waals surface area contributed by atoms with Gasteiger partial charge in [-0.15, -0.1) is 0 Å². The summed E-state index contributed by atoms with van der Waals surface area (Å²) in [6.07, 6.45) is -0.292. The average Bonchev–Trinajstić information content (AvgIpc) is 2.18. The minimum Gasteiger partial charge on any atom is -0.396 e. The summed E-state index contributed by atoms with van der Waals surface area (Å²) in [5, 5.41) is 11.1. The fourth-order valence-corrected chi connectivity index (χ4v) is 0.876. The molecular weight excluding hydrogens is 186 g/mol. The quantitative estimate of drug-likeness (QED) is 0.428. The van der Waals surface area contributed by atoms with Gasteiger partial charge in [-0.25, -0.2) is 0 Å². The van der Waals surface area contributed by atoms with Crippen LogP contribution in [0.25, 0.3) is 0 Å². The van der Waals surface area contributed by atoms with E-state index in [1.807, 2.05) is 0 Å². The van der Waals surface area contributed by atoms with Crippen LogP contribution in [0.15, 0.2) is 0 Å². The van der Waals surface area contributed by atoms with Gasteiger partial charge in [-0.1, -0.05) is 0 Å². The van der Waals surface area contributed by atoms with Crippen LogP contribution in [0.4, 0.5) is 0 Å². The molecule has 1 amide bonds. The van der Waals surface area contributed by atoms with Crippen LogP contribution in [0.3, 0.4) is 0 Å². The Morgan fingerprint density at radius 1 is 1.36 bits per heavy atom. The van der Waals surface area contributed by atoms with Crippen molar-refractivity contribution in [2.75, 3.05) is 26.4 Å². The van der Waals surface area contributed by atoms with Gasteiger partial charge in [0.2, 0.25) is 6.29 Å². The fourth-order valence-electron chi connectivity index (χ4n) is 0.876. The summed E-state index contributed by atoms with van der Waals surface area (Å²) in [5.74, 6) is -0.290. The van der Waals surface area contributed by atoms with Crippen molar-refractivity contribution in [2.24, 2.45) is 0 Å². The maximum absolute atomic E-state index is 11.4. The summed E-state index contributed by atoms with van der Waals surface area (Å²) in [5.41, 5.74) is 0. The molecule has 0 heterocycles. The Bertz CT molecular complexity index is 146. The molecule has 0 aromatic rings. The molecule has 84 valence electrons. The van der Waals surface area contributed by atoms with E-state index in [1.165, 1.54) is 0 Å². The SMILES string of the molecule is CCOC(OCC)C(=O)NCCCO. The molecule has 0 bridgehead atoms. The molecule has 0 atom stereocenters. The molecule has 14 heavy (non-hydrogen) atoms. The minimum absolute atomic E-state index is 0.0637. The molecule has 5 nitrogen and oxygen atoms in total. The van der Waals surface area contributed by atoms with Gasteiger partial charge in [0, 0.05) is 26.4 Å².